The van der Waals surface area contributed by atoms with E-state index in [1.54, 1.807) is 5.92 Å². The third-order valence-electron chi connectivity index (χ3n) is 2.38. The molecular formula is C11H26N. The fourth-order valence-electron chi connectivity index (χ4n) is 1.41. The molecule has 0 aromatic rings. The lowest BCUT2D eigenvalue weighted by molar-refractivity contribution is 0.603. The maximum atomic E-state index is 2.28. The Kier molecular flexibility index (Phi) is 13.2. The molecule has 1 heteroatoms. The van der Waals surface area contributed by atoms with Crippen molar-refractivity contribution in [3.05, 3.63) is 5.92 Å². The third-order valence-corrected chi connectivity index (χ3v) is 2.38. The van der Waals surface area contributed by atoms with E-state index >= 15 is 0 Å². The minimum absolute atomic E-state index is 0. The van der Waals surface area contributed by atoms with E-state index in [0.717, 1.165) is 0 Å². The molecule has 0 bridgehead atoms. The van der Waals surface area contributed by atoms with Crippen molar-refractivity contribution in [2.75, 3.05) is 0 Å². The Morgan fingerprint density at radius 3 is 1.83 bits per heavy atom. The second-order valence-corrected chi connectivity index (χ2v) is 3.27. The largest absolute Gasteiger partial charge is 0.344 e. The van der Waals surface area contributed by atoms with Crippen molar-refractivity contribution < 1.29 is 0 Å². The highest BCUT2D eigenvalue weighted by Gasteiger charge is 2.02. The van der Waals surface area contributed by atoms with Crippen LogP contribution >= 0.6 is 0 Å². The van der Waals surface area contributed by atoms with Crippen molar-refractivity contribution >= 4 is 0 Å². The number of hydrogen-bond donors (Lipinski definition) is 1. The number of unbranched alkanes of at least 4 members (excludes halogenated alkanes) is 3. The maximum absolute atomic E-state index is 2.28. The van der Waals surface area contributed by atoms with E-state index in [0.29, 0.717) is 0 Å². The second kappa shape index (κ2) is 11.0. The first-order valence-corrected chi connectivity index (χ1v) is 5.18. The molecule has 0 atom stereocenters. The quantitative estimate of drug-likeness (QED) is 0.563. The molecule has 0 aromatic carbocycles. The van der Waals surface area contributed by atoms with E-state index in [4.69, 9.17) is 0 Å². The van der Waals surface area contributed by atoms with Crippen molar-refractivity contribution in [1.82, 2.24) is 6.15 Å². The van der Waals surface area contributed by atoms with Gasteiger partial charge in [0.15, 0.2) is 0 Å². The van der Waals surface area contributed by atoms with Crippen LogP contribution in [0.15, 0.2) is 0 Å². The van der Waals surface area contributed by atoms with Gasteiger partial charge >= 0.3 is 0 Å². The number of rotatable bonds is 7. The smallest absolute Gasteiger partial charge is 0.0246 e. The van der Waals surface area contributed by atoms with Crippen molar-refractivity contribution in [1.29, 1.82) is 0 Å². The molecule has 0 amide bonds. The average Bonchev–Trinajstić information content (AvgIpc) is 2.05. The fraction of sp³-hybridized carbons (Fsp3) is 0.909. The summed E-state index contributed by atoms with van der Waals surface area (Å²) in [4.78, 5) is 0. The Morgan fingerprint density at radius 2 is 1.42 bits per heavy atom. The zero-order valence-electron chi connectivity index (χ0n) is 9.16. The van der Waals surface area contributed by atoms with Gasteiger partial charge in [0.2, 0.25) is 0 Å². The number of hydrogen-bond acceptors (Lipinski definition) is 1. The highest BCUT2D eigenvalue weighted by atomic mass is 14.1. The van der Waals surface area contributed by atoms with E-state index in [-0.39, 0.29) is 6.15 Å². The van der Waals surface area contributed by atoms with Crippen LogP contribution in [0.1, 0.15) is 65.7 Å². The highest BCUT2D eigenvalue weighted by molar-refractivity contribution is 4.85. The Balaban J connectivity index is 0. The van der Waals surface area contributed by atoms with Crippen molar-refractivity contribution in [3.8, 4) is 0 Å². The molecule has 0 aliphatic rings. The van der Waals surface area contributed by atoms with Gasteiger partial charge in [-0.05, 0) is 25.2 Å². The van der Waals surface area contributed by atoms with Crippen LogP contribution in [0.25, 0.3) is 0 Å². The van der Waals surface area contributed by atoms with Crippen LogP contribution in [0.5, 0.6) is 0 Å². The van der Waals surface area contributed by atoms with E-state index < -0.39 is 0 Å². The third kappa shape index (κ3) is 8.06. The molecule has 1 nitrogen and oxygen atoms in total. The molecule has 3 N–H and O–H groups in total. The first-order valence-electron chi connectivity index (χ1n) is 5.18. The van der Waals surface area contributed by atoms with Crippen LogP contribution in [-0.4, -0.2) is 0 Å². The van der Waals surface area contributed by atoms with Gasteiger partial charge in [-0.15, -0.1) is 0 Å². The summed E-state index contributed by atoms with van der Waals surface area (Å²) in [6.07, 6.45) is 9.59. The summed E-state index contributed by atoms with van der Waals surface area (Å²) in [6, 6.07) is 0. The molecule has 0 aliphatic heterocycles. The van der Waals surface area contributed by atoms with Gasteiger partial charge in [0.1, 0.15) is 0 Å². The molecule has 0 rings (SSSR count). The molecule has 0 heterocycles. The van der Waals surface area contributed by atoms with Gasteiger partial charge in [0, 0.05) is 0 Å². The van der Waals surface area contributed by atoms with Crippen LogP contribution in [0, 0.1) is 5.92 Å². The van der Waals surface area contributed by atoms with Gasteiger partial charge in [-0.25, -0.2) is 0 Å². The van der Waals surface area contributed by atoms with Gasteiger partial charge in [-0.3, -0.25) is 0 Å². The average molecular weight is 172 g/mol. The minimum Gasteiger partial charge on any atom is -0.344 e. The predicted octanol–water partition coefficient (Wildman–Crippen LogP) is 4.51. The summed E-state index contributed by atoms with van der Waals surface area (Å²) in [5, 5.41) is 0. The van der Waals surface area contributed by atoms with Crippen LogP contribution in [0.2, 0.25) is 0 Å². The molecular weight excluding hydrogens is 146 g/mol. The lowest BCUT2D eigenvalue weighted by Crippen LogP contribution is -1.93. The van der Waals surface area contributed by atoms with Gasteiger partial charge in [-0.1, -0.05) is 46.5 Å². The lowest BCUT2D eigenvalue weighted by Gasteiger charge is -2.10. The Hall–Kier alpha value is -0.0400. The zero-order chi connectivity index (χ0) is 8.53. The molecule has 0 aromatic heterocycles. The van der Waals surface area contributed by atoms with Crippen LogP contribution in [0.4, 0.5) is 0 Å². The van der Waals surface area contributed by atoms with Gasteiger partial charge in [-0.2, -0.15) is 0 Å². The first-order chi connectivity index (χ1) is 5.35. The summed E-state index contributed by atoms with van der Waals surface area (Å²) in [7, 11) is 0. The van der Waals surface area contributed by atoms with E-state index in [1.165, 1.54) is 44.9 Å². The summed E-state index contributed by atoms with van der Waals surface area (Å²) in [6.45, 7) is 6.82. The molecule has 75 valence electrons. The van der Waals surface area contributed by atoms with Crippen molar-refractivity contribution in [2.24, 2.45) is 0 Å². The monoisotopic (exact) mass is 172 g/mol. The molecule has 12 heavy (non-hydrogen) atoms. The Bertz CT molecular complexity index is 67.4. The fourth-order valence-corrected chi connectivity index (χ4v) is 1.41. The normalized spacial score (nSPS) is 10.0. The Morgan fingerprint density at radius 1 is 0.833 bits per heavy atom. The maximum Gasteiger partial charge on any atom is -0.0246 e. The van der Waals surface area contributed by atoms with E-state index in [1.807, 2.05) is 0 Å². The molecule has 0 unspecified atom stereocenters. The predicted molar refractivity (Wildman–Crippen MR) is 57.6 cm³/mol. The Labute approximate surface area is 78.5 Å². The first kappa shape index (κ1) is 14.5. The van der Waals surface area contributed by atoms with E-state index in [2.05, 4.69) is 20.8 Å². The molecule has 0 aliphatic carbocycles. The van der Waals surface area contributed by atoms with Crippen LogP contribution in [-0.2, 0) is 0 Å². The molecule has 0 saturated carbocycles. The molecule has 0 saturated heterocycles. The molecule has 0 fully saturated rings. The summed E-state index contributed by atoms with van der Waals surface area (Å²) in [5.74, 6) is 1.75. The van der Waals surface area contributed by atoms with E-state index in [9.17, 15) is 0 Å². The summed E-state index contributed by atoms with van der Waals surface area (Å²) >= 11 is 0. The van der Waals surface area contributed by atoms with Crippen molar-refractivity contribution in [3.63, 3.8) is 0 Å². The van der Waals surface area contributed by atoms with Crippen LogP contribution < -0.4 is 6.15 Å². The van der Waals surface area contributed by atoms with Crippen LogP contribution in [0.3, 0.4) is 0 Å². The van der Waals surface area contributed by atoms with Crippen molar-refractivity contribution in [2.45, 2.75) is 65.7 Å². The summed E-state index contributed by atoms with van der Waals surface area (Å²) in [5.41, 5.74) is 0. The standard InChI is InChI=1S/C11H23.H3N/c1-4-7-8-9-10-11(5-2)6-3;/h4-10H2,1-3H3;1H3. The zero-order valence-corrected chi connectivity index (χ0v) is 9.16. The topological polar surface area (TPSA) is 35.0 Å². The van der Waals surface area contributed by atoms with Gasteiger partial charge < -0.3 is 6.15 Å². The highest BCUT2D eigenvalue weighted by Crippen LogP contribution is 2.18. The van der Waals surface area contributed by atoms with Gasteiger partial charge in [0.25, 0.3) is 0 Å². The summed E-state index contributed by atoms with van der Waals surface area (Å²) < 4.78 is 0. The SMILES string of the molecule is CCCCCC[C](CC)CC.N. The molecule has 1 radical (unpaired) electrons. The van der Waals surface area contributed by atoms with Gasteiger partial charge in [0.05, 0.1) is 0 Å². The lowest BCUT2D eigenvalue weighted by atomic mass is 9.96. The second-order valence-electron chi connectivity index (χ2n) is 3.27. The minimum atomic E-state index is 0. The molecule has 0 spiro atoms.